The zero-order valence-corrected chi connectivity index (χ0v) is 19.4. The number of benzene rings is 1. The third-order valence-electron chi connectivity index (χ3n) is 5.82. The number of anilines is 3. The maximum Gasteiger partial charge on any atom is 0.418 e. The van der Waals surface area contributed by atoms with Crippen LogP contribution in [0.4, 0.5) is 34.6 Å². The van der Waals surface area contributed by atoms with E-state index in [4.69, 9.17) is 17.3 Å². The summed E-state index contributed by atoms with van der Waals surface area (Å²) in [5.41, 5.74) is 4.41. The summed E-state index contributed by atoms with van der Waals surface area (Å²) in [6.07, 6.45) is 0.397. The summed E-state index contributed by atoms with van der Waals surface area (Å²) < 4.78 is 53.0. The summed E-state index contributed by atoms with van der Waals surface area (Å²) in [5.74, 6) is -1.59. The van der Waals surface area contributed by atoms with Crippen molar-refractivity contribution in [3.63, 3.8) is 0 Å². The number of hydrogen-bond donors (Lipinski definition) is 3. The third-order valence-corrected chi connectivity index (χ3v) is 6.14. The van der Waals surface area contributed by atoms with Gasteiger partial charge in [0.1, 0.15) is 5.82 Å². The minimum Gasteiger partial charge on any atom is -0.397 e. The number of aromatic nitrogens is 2. The molecule has 0 atom stereocenters. The van der Waals surface area contributed by atoms with Crippen LogP contribution in [0, 0.1) is 11.2 Å². The molecular weight excluding hydrogens is 502 g/mol. The van der Waals surface area contributed by atoms with E-state index in [9.17, 15) is 27.2 Å². The number of alkyl halides is 3. The van der Waals surface area contributed by atoms with Gasteiger partial charge in [-0.1, -0.05) is 11.6 Å². The Bertz CT molecular complexity index is 1330. The molecule has 2 heterocycles. The molecule has 2 aromatic heterocycles. The van der Waals surface area contributed by atoms with E-state index in [2.05, 4.69) is 20.6 Å². The topological polar surface area (TPSA) is 110 Å². The molecular formula is C24H20ClF4N5O2. The average Bonchev–Trinajstić information content (AvgIpc) is 3.59. The Morgan fingerprint density at radius 2 is 1.86 bits per heavy atom. The Balaban J connectivity index is 1.39. The Labute approximate surface area is 208 Å². The monoisotopic (exact) mass is 521 g/mol. The summed E-state index contributed by atoms with van der Waals surface area (Å²) in [4.78, 5) is 33.4. The zero-order valence-electron chi connectivity index (χ0n) is 18.6. The van der Waals surface area contributed by atoms with Crippen LogP contribution in [0.1, 0.15) is 40.9 Å². The normalized spacial score (nSPS) is 14.2. The molecule has 3 aromatic rings. The van der Waals surface area contributed by atoms with Crippen molar-refractivity contribution < 1.29 is 27.2 Å². The van der Waals surface area contributed by atoms with Crippen LogP contribution in [-0.2, 0) is 17.5 Å². The summed E-state index contributed by atoms with van der Waals surface area (Å²) in [7, 11) is 0. The fourth-order valence-electron chi connectivity index (χ4n) is 3.69. The highest BCUT2D eigenvalue weighted by atomic mass is 35.5. The lowest BCUT2D eigenvalue weighted by Gasteiger charge is -2.16. The molecule has 1 aromatic carbocycles. The highest BCUT2D eigenvalue weighted by Gasteiger charge is 2.51. The van der Waals surface area contributed by atoms with Crippen molar-refractivity contribution >= 4 is 40.4 Å². The lowest BCUT2D eigenvalue weighted by Crippen LogP contribution is -2.33. The SMILES string of the molecule is Nc1cncc(C(=O)CC2(C(=O)NCc3ncc(Nc4ccc(F)cc4C(F)(F)F)cc3Cl)CC2)c1. The van der Waals surface area contributed by atoms with Crippen molar-refractivity contribution in [3.05, 3.63) is 76.6 Å². The number of nitrogens with two attached hydrogens (primary N) is 1. The number of pyridine rings is 2. The van der Waals surface area contributed by atoms with E-state index in [-0.39, 0.29) is 46.7 Å². The Morgan fingerprint density at radius 1 is 1.11 bits per heavy atom. The second-order valence-corrected chi connectivity index (χ2v) is 8.94. The Morgan fingerprint density at radius 3 is 2.50 bits per heavy atom. The maximum atomic E-state index is 13.3. The van der Waals surface area contributed by atoms with Gasteiger partial charge in [0.05, 0.1) is 51.5 Å². The van der Waals surface area contributed by atoms with Gasteiger partial charge in [-0.15, -0.1) is 0 Å². The Hall–Kier alpha value is -3.73. The molecule has 4 N–H and O–H groups in total. The molecule has 1 amide bonds. The quantitative estimate of drug-likeness (QED) is 0.275. The second-order valence-electron chi connectivity index (χ2n) is 8.54. The average molecular weight is 522 g/mol. The fraction of sp³-hybridized carbons (Fsp3) is 0.250. The molecule has 0 unspecified atom stereocenters. The van der Waals surface area contributed by atoms with Crippen LogP contribution in [0.5, 0.6) is 0 Å². The molecule has 7 nitrogen and oxygen atoms in total. The van der Waals surface area contributed by atoms with Crippen molar-refractivity contribution in [1.29, 1.82) is 0 Å². The van der Waals surface area contributed by atoms with Crippen LogP contribution in [0.15, 0.2) is 48.9 Å². The lowest BCUT2D eigenvalue weighted by atomic mass is 9.95. The Kier molecular flexibility index (Phi) is 6.85. The lowest BCUT2D eigenvalue weighted by molar-refractivity contribution is -0.137. The second kappa shape index (κ2) is 9.73. The molecule has 36 heavy (non-hydrogen) atoms. The number of halogens is 5. The van der Waals surface area contributed by atoms with Gasteiger partial charge in [-0.3, -0.25) is 19.6 Å². The van der Waals surface area contributed by atoms with Crippen LogP contribution < -0.4 is 16.4 Å². The first-order chi connectivity index (χ1) is 17.0. The van der Waals surface area contributed by atoms with E-state index in [1.165, 1.54) is 30.7 Å². The maximum absolute atomic E-state index is 13.3. The number of carbonyl (C=O) groups excluding carboxylic acids is 2. The molecule has 12 heteroatoms. The third kappa shape index (κ3) is 5.73. The smallest absolute Gasteiger partial charge is 0.397 e. The van der Waals surface area contributed by atoms with Gasteiger partial charge in [0.25, 0.3) is 0 Å². The number of Topliss-reactive ketones (excluding diaryl/α,β-unsaturated/α-hetero) is 1. The molecule has 0 spiro atoms. The number of carbonyl (C=O) groups is 2. The first-order valence-corrected chi connectivity index (χ1v) is 11.1. The van der Waals surface area contributed by atoms with Crippen molar-refractivity contribution in [3.8, 4) is 0 Å². The number of nitrogens with one attached hydrogen (secondary N) is 2. The molecule has 0 saturated heterocycles. The minimum atomic E-state index is -4.77. The standard InChI is InChI=1S/C24H20ClF4N5O2/c25-18-7-16(34-19-2-1-14(26)6-17(19)24(27,28)29)11-32-20(18)12-33-22(36)23(3-4-23)8-21(35)13-5-15(30)10-31-9-13/h1-2,5-7,9-11,34H,3-4,8,12,30H2,(H,33,36). The first kappa shape index (κ1) is 25.4. The molecule has 1 aliphatic rings. The molecule has 0 radical (unpaired) electrons. The van der Waals surface area contributed by atoms with Crippen molar-refractivity contribution in [2.75, 3.05) is 11.1 Å². The van der Waals surface area contributed by atoms with Crippen LogP contribution in [0.25, 0.3) is 0 Å². The molecule has 1 fully saturated rings. The summed E-state index contributed by atoms with van der Waals surface area (Å²) >= 11 is 6.23. The van der Waals surface area contributed by atoms with Crippen LogP contribution >= 0.6 is 11.6 Å². The predicted octanol–water partition coefficient (Wildman–Crippen LogP) is 5.28. The summed E-state index contributed by atoms with van der Waals surface area (Å²) in [6, 6.07) is 5.12. The molecule has 4 rings (SSSR count). The number of amides is 1. The van der Waals surface area contributed by atoms with E-state index < -0.39 is 23.0 Å². The largest absolute Gasteiger partial charge is 0.418 e. The van der Waals surface area contributed by atoms with Crippen molar-refractivity contribution in [2.45, 2.75) is 32.0 Å². The number of nitrogens with zero attached hydrogens (tertiary/aromatic N) is 2. The van der Waals surface area contributed by atoms with Gasteiger partial charge in [-0.2, -0.15) is 13.2 Å². The van der Waals surface area contributed by atoms with Gasteiger partial charge in [0.2, 0.25) is 5.91 Å². The number of rotatable bonds is 8. The van der Waals surface area contributed by atoms with Crippen LogP contribution in [0.3, 0.4) is 0 Å². The van der Waals surface area contributed by atoms with Crippen LogP contribution in [0.2, 0.25) is 5.02 Å². The number of hydrogen-bond acceptors (Lipinski definition) is 6. The van der Waals surface area contributed by atoms with Gasteiger partial charge >= 0.3 is 6.18 Å². The highest BCUT2D eigenvalue weighted by Crippen LogP contribution is 2.49. The van der Waals surface area contributed by atoms with E-state index in [0.717, 1.165) is 12.1 Å². The molecule has 1 saturated carbocycles. The summed E-state index contributed by atoms with van der Waals surface area (Å²) in [5, 5.41) is 5.37. The van der Waals surface area contributed by atoms with Gasteiger partial charge in [-0.25, -0.2) is 4.39 Å². The van der Waals surface area contributed by atoms with E-state index in [1.54, 1.807) is 0 Å². The van der Waals surface area contributed by atoms with Gasteiger partial charge in [0, 0.05) is 24.4 Å². The van der Waals surface area contributed by atoms with Crippen molar-refractivity contribution in [1.82, 2.24) is 15.3 Å². The first-order valence-electron chi connectivity index (χ1n) is 10.8. The predicted molar refractivity (Wildman–Crippen MR) is 125 cm³/mol. The van der Waals surface area contributed by atoms with Gasteiger partial charge in [-0.05, 0) is 43.2 Å². The fourth-order valence-corrected chi connectivity index (χ4v) is 3.92. The van der Waals surface area contributed by atoms with E-state index >= 15 is 0 Å². The van der Waals surface area contributed by atoms with E-state index in [0.29, 0.717) is 30.2 Å². The molecule has 0 aliphatic heterocycles. The van der Waals surface area contributed by atoms with Crippen molar-refractivity contribution in [2.24, 2.45) is 5.41 Å². The van der Waals surface area contributed by atoms with Crippen LogP contribution in [-0.4, -0.2) is 21.7 Å². The zero-order chi connectivity index (χ0) is 26.1. The minimum absolute atomic E-state index is 0.00714. The molecule has 1 aliphatic carbocycles. The van der Waals surface area contributed by atoms with Gasteiger partial charge in [0.15, 0.2) is 5.78 Å². The highest BCUT2D eigenvalue weighted by molar-refractivity contribution is 6.31. The van der Waals surface area contributed by atoms with Gasteiger partial charge < -0.3 is 16.4 Å². The van der Waals surface area contributed by atoms with E-state index in [1.807, 2.05) is 0 Å². The molecule has 188 valence electrons. The molecule has 0 bridgehead atoms. The number of ketones is 1. The number of nitrogen functional groups attached to an aromatic ring is 1. The summed E-state index contributed by atoms with van der Waals surface area (Å²) in [6.45, 7) is -0.0436.